The molecule has 1 heterocycles. The fourth-order valence-corrected chi connectivity index (χ4v) is 0.414. The van der Waals surface area contributed by atoms with Crippen molar-refractivity contribution in [2.75, 3.05) is 5.73 Å². The van der Waals surface area contributed by atoms with Gasteiger partial charge in [0, 0.05) is 5.13 Å². The van der Waals surface area contributed by atoms with Crippen LogP contribution in [0.15, 0.2) is 0 Å². The van der Waals surface area contributed by atoms with Crippen molar-refractivity contribution in [1.29, 1.82) is 0 Å². The molecular weight excluding hydrogens is 187 g/mol. The molecule has 1 rings (SSSR count). The monoisotopic (exact) mass is 189 g/mol. The minimum atomic E-state index is 0. The summed E-state index contributed by atoms with van der Waals surface area (Å²) >= 11 is 1.14. The minimum Gasteiger partial charge on any atom is -0.451 e. The zero-order valence-corrected chi connectivity index (χ0v) is 7.11. The van der Waals surface area contributed by atoms with Crippen LogP contribution in [0.5, 0.6) is 0 Å². The standard InChI is InChI=1S/C2H2N3S.Y/c3-2-4-1-5-6-2;/h(H2,3,4,5);/q-1;+3. The molecule has 0 atom stereocenters. The molecule has 0 spiro atoms. The number of hydrogen-bond acceptors (Lipinski definition) is 4. The van der Waals surface area contributed by atoms with Crippen molar-refractivity contribution in [1.82, 2.24) is 9.36 Å². The van der Waals surface area contributed by atoms with E-state index in [0.717, 1.165) is 11.5 Å². The predicted octanol–water partition coefficient (Wildman–Crippen LogP) is -0.0820. The van der Waals surface area contributed by atoms with E-state index in [9.17, 15) is 0 Å². The summed E-state index contributed by atoms with van der Waals surface area (Å²) in [5, 5.41) is 0.468. The van der Waals surface area contributed by atoms with Gasteiger partial charge in [-0.25, -0.2) is 0 Å². The first kappa shape index (κ1) is 7.46. The van der Waals surface area contributed by atoms with E-state index in [4.69, 9.17) is 5.73 Å². The van der Waals surface area contributed by atoms with Crippen molar-refractivity contribution >= 4 is 16.7 Å². The van der Waals surface area contributed by atoms with Crippen molar-refractivity contribution in [3.05, 3.63) is 6.33 Å². The number of nitrogens with two attached hydrogens (primary N) is 1. The van der Waals surface area contributed by atoms with Gasteiger partial charge in [-0.05, 0) is 6.33 Å². The van der Waals surface area contributed by atoms with Gasteiger partial charge in [-0.1, -0.05) is 0 Å². The van der Waals surface area contributed by atoms with Crippen LogP contribution in [0.1, 0.15) is 0 Å². The number of rotatable bonds is 0. The normalized spacial score (nSPS) is 7.43. The van der Waals surface area contributed by atoms with Crippen molar-refractivity contribution in [3.8, 4) is 0 Å². The van der Waals surface area contributed by atoms with Gasteiger partial charge < -0.3 is 15.1 Å². The second kappa shape index (κ2) is 3.46. The molecule has 0 aliphatic rings. The topological polar surface area (TPSA) is 51.8 Å². The van der Waals surface area contributed by atoms with Crippen LogP contribution in [0.25, 0.3) is 0 Å². The summed E-state index contributed by atoms with van der Waals surface area (Å²) in [5.41, 5.74) is 5.09. The van der Waals surface area contributed by atoms with Crippen LogP contribution in [-0.2, 0) is 32.7 Å². The van der Waals surface area contributed by atoms with Gasteiger partial charge in [0.1, 0.15) is 0 Å². The average molecular weight is 189 g/mol. The number of nitrogens with zero attached hydrogens (tertiary/aromatic N) is 2. The van der Waals surface area contributed by atoms with Crippen LogP contribution >= 0.6 is 11.5 Å². The minimum absolute atomic E-state index is 0. The van der Waals surface area contributed by atoms with E-state index < -0.39 is 0 Å². The Balaban J connectivity index is 0.000000360. The van der Waals surface area contributed by atoms with Crippen LogP contribution in [0.3, 0.4) is 0 Å². The van der Waals surface area contributed by atoms with Crippen molar-refractivity contribution in [3.63, 3.8) is 0 Å². The Morgan fingerprint density at radius 2 is 2.43 bits per heavy atom. The molecule has 0 aliphatic heterocycles. The summed E-state index contributed by atoms with van der Waals surface area (Å²) < 4.78 is 3.50. The molecule has 1 aromatic rings. The molecule has 2 N–H and O–H groups in total. The van der Waals surface area contributed by atoms with Crippen LogP contribution in [0, 0.1) is 6.33 Å². The molecule has 0 unspecified atom stereocenters. The van der Waals surface area contributed by atoms with E-state index in [1.165, 1.54) is 0 Å². The molecule has 0 radical (unpaired) electrons. The fraction of sp³-hybridized carbons (Fsp3) is 0. The zero-order chi connectivity index (χ0) is 4.41. The Morgan fingerprint density at radius 3 is 2.57 bits per heavy atom. The molecular formula is C2H2N3SY+2. The third-order valence-electron chi connectivity index (χ3n) is 0.340. The fourth-order valence-electron chi connectivity index (χ4n) is 0.157. The van der Waals surface area contributed by atoms with E-state index in [1.54, 1.807) is 0 Å². The van der Waals surface area contributed by atoms with E-state index in [1.807, 2.05) is 0 Å². The van der Waals surface area contributed by atoms with Gasteiger partial charge in [0.25, 0.3) is 0 Å². The van der Waals surface area contributed by atoms with Gasteiger partial charge in [0.05, 0.1) is 0 Å². The Morgan fingerprint density at radius 1 is 1.71 bits per heavy atom. The maximum Gasteiger partial charge on any atom is 3.00 e. The summed E-state index contributed by atoms with van der Waals surface area (Å²) in [5.74, 6) is 0. The first-order valence-electron chi connectivity index (χ1n) is 1.35. The Labute approximate surface area is 70.4 Å². The molecule has 0 amide bonds. The molecule has 0 aromatic carbocycles. The SMILES string of the molecule is Nc1n[c-]ns1.[Y+3]. The molecule has 7 heavy (non-hydrogen) atoms. The van der Waals surface area contributed by atoms with Crippen LogP contribution in [0.2, 0.25) is 0 Å². The number of aromatic nitrogens is 2. The van der Waals surface area contributed by atoms with Gasteiger partial charge >= 0.3 is 32.7 Å². The average Bonchev–Trinajstić information content (AvgIpc) is 1.86. The number of nitrogen functional groups attached to an aromatic ring is 1. The molecule has 5 heteroatoms. The first-order valence-corrected chi connectivity index (χ1v) is 2.12. The third-order valence-corrected chi connectivity index (χ3v) is 0.791. The second-order valence-corrected chi connectivity index (χ2v) is 1.52. The molecule has 3 nitrogen and oxygen atoms in total. The molecule has 0 aliphatic carbocycles. The van der Waals surface area contributed by atoms with Crippen LogP contribution in [-0.4, -0.2) is 9.36 Å². The summed E-state index contributed by atoms with van der Waals surface area (Å²) in [7, 11) is 0. The Kier molecular flexibility index (Phi) is 3.69. The van der Waals surface area contributed by atoms with E-state index in [0.29, 0.717) is 5.13 Å². The summed E-state index contributed by atoms with van der Waals surface area (Å²) in [6, 6.07) is 0. The summed E-state index contributed by atoms with van der Waals surface area (Å²) in [6.07, 6.45) is 2.32. The van der Waals surface area contributed by atoms with Crippen LogP contribution < -0.4 is 5.73 Å². The molecule has 32 valence electrons. The van der Waals surface area contributed by atoms with Crippen molar-refractivity contribution < 1.29 is 32.7 Å². The van der Waals surface area contributed by atoms with Gasteiger partial charge in [-0.2, -0.15) is 0 Å². The van der Waals surface area contributed by atoms with Crippen molar-refractivity contribution in [2.45, 2.75) is 0 Å². The maximum absolute atomic E-state index is 5.09. The molecule has 0 saturated carbocycles. The van der Waals surface area contributed by atoms with E-state index in [2.05, 4.69) is 15.7 Å². The number of hydrogen-bond donors (Lipinski definition) is 1. The van der Waals surface area contributed by atoms with Gasteiger partial charge in [-0.15, -0.1) is 11.5 Å². The zero-order valence-electron chi connectivity index (χ0n) is 3.46. The van der Waals surface area contributed by atoms with Crippen LogP contribution in [0.4, 0.5) is 5.13 Å². The van der Waals surface area contributed by atoms with Gasteiger partial charge in [-0.3, -0.25) is 0 Å². The Bertz CT molecular complexity index is 116. The van der Waals surface area contributed by atoms with Gasteiger partial charge in [0.15, 0.2) is 0 Å². The molecule has 0 fully saturated rings. The largest absolute Gasteiger partial charge is 3.00 e. The van der Waals surface area contributed by atoms with Crippen molar-refractivity contribution in [2.24, 2.45) is 0 Å². The molecule has 1 aromatic heterocycles. The maximum atomic E-state index is 5.09. The number of anilines is 1. The molecule has 0 bridgehead atoms. The quantitative estimate of drug-likeness (QED) is 0.580. The second-order valence-electron chi connectivity index (χ2n) is 0.733. The smallest absolute Gasteiger partial charge is 0.451 e. The van der Waals surface area contributed by atoms with E-state index >= 15 is 0 Å². The first-order chi connectivity index (χ1) is 2.89. The summed E-state index contributed by atoms with van der Waals surface area (Å²) in [4.78, 5) is 3.48. The van der Waals surface area contributed by atoms with Gasteiger partial charge in [0.2, 0.25) is 0 Å². The summed E-state index contributed by atoms with van der Waals surface area (Å²) in [6.45, 7) is 0. The van der Waals surface area contributed by atoms with E-state index in [-0.39, 0.29) is 32.7 Å². The Hall–Kier alpha value is 0.464. The third kappa shape index (κ3) is 2.31. The molecule has 0 saturated heterocycles. The predicted molar refractivity (Wildman–Crippen MR) is 23.2 cm³/mol.